The molecule has 96 valence electrons. The zero-order valence-corrected chi connectivity index (χ0v) is 10.8. The Morgan fingerprint density at radius 3 is 2.41 bits per heavy atom. The van der Waals surface area contributed by atoms with Gasteiger partial charge in [-0.2, -0.15) is 5.10 Å². The molecule has 0 spiro atoms. The molecule has 0 bridgehead atoms. The van der Waals surface area contributed by atoms with Gasteiger partial charge in [0.25, 0.3) is 0 Å². The van der Waals surface area contributed by atoms with E-state index in [9.17, 15) is 0 Å². The van der Waals surface area contributed by atoms with Crippen molar-refractivity contribution in [2.45, 2.75) is 13.5 Å². The van der Waals surface area contributed by atoms with E-state index in [1.807, 2.05) is 17.9 Å². The molecule has 0 aliphatic carbocycles. The molecule has 1 fully saturated rings. The highest BCUT2D eigenvalue weighted by Gasteiger charge is 2.17. The first-order valence-corrected chi connectivity index (χ1v) is 6.23. The molecular formula is C12H22N4O. The van der Waals surface area contributed by atoms with E-state index in [2.05, 4.69) is 21.8 Å². The van der Waals surface area contributed by atoms with Gasteiger partial charge in [-0.05, 0) is 6.92 Å². The van der Waals surface area contributed by atoms with E-state index in [0.717, 1.165) is 39.3 Å². The molecule has 0 unspecified atom stereocenters. The lowest BCUT2D eigenvalue weighted by atomic mass is 10.2. The van der Waals surface area contributed by atoms with Gasteiger partial charge in [-0.3, -0.25) is 14.5 Å². The number of aliphatic hydroxyl groups excluding tert-OH is 1. The lowest BCUT2D eigenvalue weighted by molar-refractivity contribution is 0.108. The summed E-state index contributed by atoms with van der Waals surface area (Å²) in [7, 11) is 1.98. The van der Waals surface area contributed by atoms with Crippen molar-refractivity contribution in [3.8, 4) is 0 Å². The van der Waals surface area contributed by atoms with Crippen molar-refractivity contribution in [2.75, 3.05) is 39.3 Å². The largest absolute Gasteiger partial charge is 0.395 e. The summed E-state index contributed by atoms with van der Waals surface area (Å²) >= 11 is 0. The number of rotatable bonds is 4. The van der Waals surface area contributed by atoms with Gasteiger partial charge in [-0.1, -0.05) is 0 Å². The predicted molar refractivity (Wildman–Crippen MR) is 66.7 cm³/mol. The fourth-order valence-electron chi connectivity index (χ4n) is 2.25. The minimum Gasteiger partial charge on any atom is -0.395 e. The van der Waals surface area contributed by atoms with Gasteiger partial charge in [-0.25, -0.2) is 0 Å². The van der Waals surface area contributed by atoms with Crippen LogP contribution in [0.5, 0.6) is 0 Å². The summed E-state index contributed by atoms with van der Waals surface area (Å²) in [6, 6.07) is 0. The van der Waals surface area contributed by atoms with Crippen molar-refractivity contribution in [3.05, 3.63) is 17.5 Å². The highest BCUT2D eigenvalue weighted by atomic mass is 16.3. The molecule has 1 aromatic heterocycles. The van der Waals surface area contributed by atoms with Crippen molar-refractivity contribution in [1.29, 1.82) is 0 Å². The molecule has 0 radical (unpaired) electrons. The van der Waals surface area contributed by atoms with Crippen molar-refractivity contribution >= 4 is 0 Å². The topological polar surface area (TPSA) is 44.5 Å². The quantitative estimate of drug-likeness (QED) is 0.791. The van der Waals surface area contributed by atoms with Crippen LogP contribution in [0.2, 0.25) is 0 Å². The van der Waals surface area contributed by atoms with Crippen LogP contribution in [0, 0.1) is 6.92 Å². The van der Waals surface area contributed by atoms with E-state index in [-0.39, 0.29) is 6.61 Å². The van der Waals surface area contributed by atoms with Crippen LogP contribution >= 0.6 is 0 Å². The van der Waals surface area contributed by atoms with E-state index in [1.165, 1.54) is 11.3 Å². The van der Waals surface area contributed by atoms with Gasteiger partial charge in [0.05, 0.1) is 12.8 Å². The second kappa shape index (κ2) is 5.62. The molecule has 0 atom stereocenters. The third-order valence-corrected chi connectivity index (χ3v) is 3.61. The van der Waals surface area contributed by atoms with Crippen LogP contribution in [-0.2, 0) is 13.6 Å². The summed E-state index contributed by atoms with van der Waals surface area (Å²) in [5.41, 5.74) is 2.57. The summed E-state index contributed by atoms with van der Waals surface area (Å²) in [5.74, 6) is 0. The summed E-state index contributed by atoms with van der Waals surface area (Å²) in [5, 5.41) is 13.2. The summed E-state index contributed by atoms with van der Waals surface area (Å²) < 4.78 is 1.93. The standard InChI is InChI=1S/C12H22N4O/c1-11-12(9-13-14(11)2)10-16-5-3-15(4-6-16)7-8-17/h9,17H,3-8,10H2,1-2H3. The van der Waals surface area contributed by atoms with Gasteiger partial charge < -0.3 is 5.11 Å². The summed E-state index contributed by atoms with van der Waals surface area (Å²) in [4.78, 5) is 4.77. The monoisotopic (exact) mass is 238 g/mol. The van der Waals surface area contributed by atoms with Crippen LogP contribution in [0.1, 0.15) is 11.3 Å². The van der Waals surface area contributed by atoms with Crippen LogP contribution in [0.4, 0.5) is 0 Å². The maximum atomic E-state index is 8.89. The molecular weight excluding hydrogens is 216 g/mol. The number of piperazine rings is 1. The Morgan fingerprint density at radius 1 is 1.24 bits per heavy atom. The van der Waals surface area contributed by atoms with Gasteiger partial charge in [0.2, 0.25) is 0 Å². The third-order valence-electron chi connectivity index (χ3n) is 3.61. The minimum atomic E-state index is 0.266. The third kappa shape index (κ3) is 3.06. The molecule has 0 saturated carbocycles. The molecule has 5 nitrogen and oxygen atoms in total. The van der Waals surface area contributed by atoms with E-state index in [0.29, 0.717) is 0 Å². The molecule has 0 aromatic carbocycles. The number of hydrogen-bond acceptors (Lipinski definition) is 4. The van der Waals surface area contributed by atoms with Crippen LogP contribution in [-0.4, -0.2) is 64.0 Å². The van der Waals surface area contributed by atoms with Gasteiger partial charge in [-0.15, -0.1) is 0 Å². The Hall–Kier alpha value is -0.910. The van der Waals surface area contributed by atoms with Gasteiger partial charge in [0.1, 0.15) is 0 Å². The van der Waals surface area contributed by atoms with Gasteiger partial charge >= 0.3 is 0 Å². The fourth-order valence-corrected chi connectivity index (χ4v) is 2.25. The highest BCUT2D eigenvalue weighted by Crippen LogP contribution is 2.11. The first-order chi connectivity index (χ1) is 8.20. The first-order valence-electron chi connectivity index (χ1n) is 6.23. The highest BCUT2D eigenvalue weighted by molar-refractivity contribution is 5.15. The number of aliphatic hydroxyl groups is 1. The number of β-amino-alcohol motifs (C(OH)–C–C–N with tert-alkyl or cyclic N) is 1. The molecule has 2 rings (SSSR count). The maximum absolute atomic E-state index is 8.89. The SMILES string of the molecule is Cc1c(CN2CCN(CCO)CC2)cnn1C. The lowest BCUT2D eigenvalue weighted by Crippen LogP contribution is -2.46. The number of nitrogens with zero attached hydrogens (tertiary/aromatic N) is 4. The number of aryl methyl sites for hydroxylation is 1. The molecule has 2 heterocycles. The smallest absolute Gasteiger partial charge is 0.0558 e. The van der Waals surface area contributed by atoms with Crippen molar-refractivity contribution < 1.29 is 5.11 Å². The molecule has 1 saturated heterocycles. The summed E-state index contributed by atoms with van der Waals surface area (Å²) in [6.45, 7) is 8.45. The van der Waals surface area contributed by atoms with Crippen molar-refractivity contribution in [1.82, 2.24) is 19.6 Å². The van der Waals surface area contributed by atoms with Crippen LogP contribution < -0.4 is 0 Å². The fraction of sp³-hybridized carbons (Fsp3) is 0.750. The van der Waals surface area contributed by atoms with Gasteiger partial charge in [0.15, 0.2) is 0 Å². The Kier molecular flexibility index (Phi) is 4.15. The van der Waals surface area contributed by atoms with E-state index >= 15 is 0 Å². The molecule has 1 aliphatic rings. The van der Waals surface area contributed by atoms with E-state index in [4.69, 9.17) is 5.11 Å². The molecule has 1 N–H and O–H groups in total. The van der Waals surface area contributed by atoms with Crippen LogP contribution in [0.3, 0.4) is 0 Å². The Bertz CT molecular complexity index is 355. The Labute approximate surface area is 103 Å². The second-order valence-electron chi connectivity index (χ2n) is 4.72. The molecule has 5 heteroatoms. The predicted octanol–water partition coefficient (Wildman–Crippen LogP) is -0.162. The van der Waals surface area contributed by atoms with E-state index < -0.39 is 0 Å². The van der Waals surface area contributed by atoms with Crippen LogP contribution in [0.25, 0.3) is 0 Å². The molecule has 1 aromatic rings. The zero-order valence-electron chi connectivity index (χ0n) is 10.8. The maximum Gasteiger partial charge on any atom is 0.0558 e. The Morgan fingerprint density at radius 2 is 1.88 bits per heavy atom. The van der Waals surface area contributed by atoms with Crippen molar-refractivity contribution in [2.24, 2.45) is 7.05 Å². The number of aromatic nitrogens is 2. The second-order valence-corrected chi connectivity index (χ2v) is 4.72. The zero-order chi connectivity index (χ0) is 12.3. The first kappa shape index (κ1) is 12.5. The van der Waals surface area contributed by atoms with E-state index in [1.54, 1.807) is 0 Å². The Balaban J connectivity index is 1.84. The normalized spacial score (nSPS) is 18.8. The number of hydrogen-bond donors (Lipinski definition) is 1. The lowest BCUT2D eigenvalue weighted by Gasteiger charge is -2.34. The molecule has 1 aliphatic heterocycles. The average molecular weight is 238 g/mol. The molecule has 17 heavy (non-hydrogen) atoms. The minimum absolute atomic E-state index is 0.266. The average Bonchev–Trinajstić information content (AvgIpc) is 2.64. The summed E-state index contributed by atoms with van der Waals surface area (Å²) in [6.07, 6.45) is 1.97. The van der Waals surface area contributed by atoms with Gasteiger partial charge in [0, 0.05) is 57.6 Å². The van der Waals surface area contributed by atoms with Crippen molar-refractivity contribution in [3.63, 3.8) is 0 Å². The van der Waals surface area contributed by atoms with Crippen LogP contribution in [0.15, 0.2) is 6.20 Å². The molecule has 0 amide bonds.